The molecule has 1 saturated carbocycles. The van der Waals surface area contributed by atoms with Gasteiger partial charge in [-0.3, -0.25) is 19.4 Å². The number of hydrogen-bond donors (Lipinski definition) is 4. The lowest BCUT2D eigenvalue weighted by molar-refractivity contribution is -0.132. The lowest BCUT2D eigenvalue weighted by atomic mass is 10.0. The predicted octanol–water partition coefficient (Wildman–Crippen LogP) is 4.82. The normalized spacial score (nSPS) is 20.3. The number of fused-ring (bicyclic) bond motifs is 3. The molecule has 72 heavy (non-hydrogen) atoms. The molecule has 2 amide bonds. The molecule has 6 rings (SSSR count). The maximum atomic E-state index is 13.5. The molecule has 388 valence electrons. The smallest absolute Gasteiger partial charge is 0.354 e. The van der Waals surface area contributed by atoms with Crippen LogP contribution in [-0.2, 0) is 51.2 Å². The average molecular weight is 1010 g/mol. The van der Waals surface area contributed by atoms with Gasteiger partial charge in [-0.15, -0.1) is 0 Å². The van der Waals surface area contributed by atoms with E-state index in [0.29, 0.717) is 117 Å². The molecule has 18 heteroatoms. The highest BCUT2D eigenvalue weighted by Gasteiger charge is 2.36. The van der Waals surface area contributed by atoms with Gasteiger partial charge in [0.15, 0.2) is 0 Å². The van der Waals surface area contributed by atoms with Gasteiger partial charge in [-0.1, -0.05) is 67.3 Å². The number of ether oxygens (including phenoxy) is 5. The van der Waals surface area contributed by atoms with Gasteiger partial charge < -0.3 is 49.8 Å². The third kappa shape index (κ3) is 19.1. The van der Waals surface area contributed by atoms with E-state index in [2.05, 4.69) is 38.9 Å². The summed E-state index contributed by atoms with van der Waals surface area (Å²) in [5, 5.41) is 21.5. The van der Waals surface area contributed by atoms with Gasteiger partial charge in [-0.05, 0) is 72.4 Å². The Morgan fingerprint density at radius 1 is 0.847 bits per heavy atom. The van der Waals surface area contributed by atoms with E-state index in [1.165, 1.54) is 12.1 Å². The maximum Gasteiger partial charge on any atom is 0.354 e. The quantitative estimate of drug-likeness (QED) is 0.0548. The number of rotatable bonds is 19. The van der Waals surface area contributed by atoms with E-state index >= 15 is 0 Å². The zero-order chi connectivity index (χ0) is 50.9. The summed E-state index contributed by atoms with van der Waals surface area (Å²) in [4.78, 5) is 59.6. The van der Waals surface area contributed by atoms with Crippen LogP contribution in [0.5, 0.6) is 0 Å². The van der Waals surface area contributed by atoms with Crippen molar-refractivity contribution in [2.24, 2.45) is 17.6 Å². The van der Waals surface area contributed by atoms with Crippen LogP contribution in [0.15, 0.2) is 90.7 Å². The maximum absolute atomic E-state index is 13.5. The van der Waals surface area contributed by atoms with Crippen LogP contribution in [0.2, 0.25) is 0 Å². The van der Waals surface area contributed by atoms with E-state index in [4.69, 9.17) is 34.5 Å². The monoisotopic (exact) mass is 1010 g/mol. The average Bonchev–Trinajstić information content (AvgIpc) is 3.75. The number of carboxylic acids is 2. The molecule has 3 aromatic rings. The molecule has 0 radical (unpaired) electrons. The van der Waals surface area contributed by atoms with Crippen molar-refractivity contribution in [3.8, 4) is 11.8 Å². The summed E-state index contributed by atoms with van der Waals surface area (Å²) in [6, 6.07) is 20.4. The molecule has 2 aromatic carbocycles. The number of benzene rings is 2. The number of aliphatic carboxylic acids is 1. The fraction of sp³-hybridized carbons (Fsp3) is 0.500. The molecule has 2 fully saturated rings. The molecule has 1 aliphatic carbocycles. The second-order valence-electron chi connectivity index (χ2n) is 18.0. The zero-order valence-corrected chi connectivity index (χ0v) is 42.1. The molecule has 4 unspecified atom stereocenters. The van der Waals surface area contributed by atoms with Crippen LogP contribution in [0, 0.1) is 23.7 Å². The van der Waals surface area contributed by atoms with Gasteiger partial charge in [0.1, 0.15) is 11.4 Å². The first-order valence-electron chi connectivity index (χ1n) is 24.8. The SMILES string of the molecule is CC(/C=C\C=C(/N)C(=O)O)CN1CCOCCOCCN(Cc2cccc(C(=O)O)n2)CCOC2CC(CSCCOCCNC(=O)CCC(=O)N3Cc4ccccc4C#Cc4ccccc43)CC2OCC1. The van der Waals surface area contributed by atoms with E-state index in [1.807, 2.05) is 72.4 Å². The molecule has 2 aliphatic heterocycles. The Labute approximate surface area is 427 Å². The Bertz CT molecular complexity index is 2360. The molecule has 1 aromatic heterocycles. The molecular weight excluding hydrogens is 941 g/mol. The molecule has 4 atom stereocenters. The number of nitrogens with two attached hydrogens (primary N) is 1. The molecule has 1 saturated heterocycles. The van der Waals surface area contributed by atoms with Gasteiger partial charge in [0, 0.05) is 75.5 Å². The van der Waals surface area contributed by atoms with Crippen LogP contribution in [0.1, 0.15) is 65.5 Å². The molecule has 0 bridgehead atoms. The van der Waals surface area contributed by atoms with Gasteiger partial charge >= 0.3 is 11.9 Å². The molecular formula is C54H70N6O11S. The highest BCUT2D eigenvalue weighted by Crippen LogP contribution is 2.33. The Morgan fingerprint density at radius 2 is 1.53 bits per heavy atom. The third-order valence-corrected chi connectivity index (χ3v) is 13.6. The Hall–Kier alpha value is -5.62. The number of nitrogens with one attached hydrogen (secondary N) is 1. The summed E-state index contributed by atoms with van der Waals surface area (Å²) >= 11 is 1.82. The van der Waals surface area contributed by atoms with Crippen molar-refractivity contribution in [1.82, 2.24) is 20.1 Å². The van der Waals surface area contributed by atoms with E-state index in [1.54, 1.807) is 17.0 Å². The first kappa shape index (κ1) is 55.7. The number of carbonyl (C=O) groups excluding carboxylic acids is 2. The van der Waals surface area contributed by atoms with Crippen LogP contribution in [0.3, 0.4) is 0 Å². The lowest BCUT2D eigenvalue weighted by Crippen LogP contribution is -2.37. The van der Waals surface area contributed by atoms with E-state index in [-0.39, 0.29) is 54.2 Å². The van der Waals surface area contributed by atoms with E-state index in [9.17, 15) is 24.3 Å². The summed E-state index contributed by atoms with van der Waals surface area (Å²) in [5.74, 6) is 6.05. The molecule has 3 aliphatic rings. The zero-order valence-electron chi connectivity index (χ0n) is 41.3. The van der Waals surface area contributed by atoms with Crippen molar-refractivity contribution in [3.05, 3.63) is 119 Å². The lowest BCUT2D eigenvalue weighted by Gasteiger charge is -2.27. The van der Waals surface area contributed by atoms with Crippen molar-refractivity contribution in [1.29, 1.82) is 0 Å². The van der Waals surface area contributed by atoms with Crippen LogP contribution in [0.4, 0.5) is 5.69 Å². The topological polar surface area (TPSA) is 216 Å². The Morgan fingerprint density at radius 3 is 2.28 bits per heavy atom. The minimum atomic E-state index is -1.16. The summed E-state index contributed by atoms with van der Waals surface area (Å²) in [6.45, 7) is 10.1. The second kappa shape index (κ2) is 30.4. The van der Waals surface area contributed by atoms with Crippen molar-refractivity contribution >= 4 is 41.2 Å². The standard InChI is InChI=1S/C54H70N6O11S/c1-40(8-6-13-46(55)53(63)64)36-58-21-26-68-30-31-69-27-22-59(38-45-12-7-14-47(57-45)54(65)66)24-29-71-50-35-41(34-49(50)70-28-23-58)39-72-33-32-67-25-20-56-51(61)18-19-52(62)60-37-44-11-3-2-9-42(44)16-17-43-10-4-5-15-48(43)60/h2-15,40-41,49-50H,18-39,55H2,1H3,(H,56,61)(H,63,64)(H,65,66)/b8-6-,46-13-. The first-order valence-corrected chi connectivity index (χ1v) is 26.0. The van der Waals surface area contributed by atoms with Gasteiger partial charge in [-0.2, -0.15) is 11.8 Å². The fourth-order valence-corrected chi connectivity index (χ4v) is 9.68. The predicted molar refractivity (Wildman–Crippen MR) is 275 cm³/mol. The van der Waals surface area contributed by atoms with Crippen molar-refractivity contribution in [2.45, 2.75) is 57.9 Å². The number of aromatic nitrogens is 1. The number of allylic oxidation sites excluding steroid dienone is 2. The van der Waals surface area contributed by atoms with Gasteiger partial charge in [0.2, 0.25) is 11.8 Å². The number of carbonyl (C=O) groups is 4. The number of para-hydroxylation sites is 1. The number of thioether (sulfide) groups is 1. The van der Waals surface area contributed by atoms with E-state index < -0.39 is 11.9 Å². The van der Waals surface area contributed by atoms with Crippen LogP contribution >= 0.6 is 11.8 Å². The number of pyridine rings is 1. The third-order valence-electron chi connectivity index (χ3n) is 12.5. The molecule has 3 heterocycles. The van der Waals surface area contributed by atoms with Crippen molar-refractivity contribution in [2.75, 3.05) is 109 Å². The minimum Gasteiger partial charge on any atom is -0.477 e. The molecule has 0 spiro atoms. The number of aromatic carboxylic acids is 1. The Kier molecular flexibility index (Phi) is 23.5. The van der Waals surface area contributed by atoms with Crippen LogP contribution in [-0.4, -0.2) is 165 Å². The molecule has 17 nitrogen and oxygen atoms in total. The molecule has 5 N–H and O–H groups in total. The van der Waals surface area contributed by atoms with Crippen LogP contribution in [0.25, 0.3) is 0 Å². The fourth-order valence-electron chi connectivity index (χ4n) is 8.67. The van der Waals surface area contributed by atoms with Gasteiger partial charge in [0.05, 0.1) is 83.0 Å². The van der Waals surface area contributed by atoms with E-state index in [0.717, 1.165) is 46.7 Å². The minimum absolute atomic E-state index is 0.00238. The summed E-state index contributed by atoms with van der Waals surface area (Å²) < 4.78 is 31.0. The first-order chi connectivity index (χ1) is 35.0. The number of hydrogen-bond acceptors (Lipinski definition) is 14. The summed E-state index contributed by atoms with van der Waals surface area (Å²) in [7, 11) is 0. The van der Waals surface area contributed by atoms with Gasteiger partial charge in [-0.25, -0.2) is 14.6 Å². The van der Waals surface area contributed by atoms with Crippen molar-refractivity contribution < 1.29 is 53.1 Å². The largest absolute Gasteiger partial charge is 0.477 e. The summed E-state index contributed by atoms with van der Waals surface area (Å²) in [5.41, 5.74) is 9.37. The van der Waals surface area contributed by atoms with Crippen LogP contribution < -0.4 is 16.0 Å². The van der Waals surface area contributed by atoms with Crippen molar-refractivity contribution in [3.63, 3.8) is 0 Å². The highest BCUT2D eigenvalue weighted by molar-refractivity contribution is 7.99. The number of nitrogens with zero attached hydrogens (tertiary/aromatic N) is 4. The van der Waals surface area contributed by atoms with Gasteiger partial charge in [0.25, 0.3) is 0 Å². The second-order valence-corrected chi connectivity index (χ2v) is 19.2. The summed E-state index contributed by atoms with van der Waals surface area (Å²) in [6.07, 6.45) is 6.62. The Balaban J connectivity index is 0.949. The number of anilines is 1. The number of amides is 2. The number of carboxylic acid groups (broad SMARTS) is 2. The highest BCUT2D eigenvalue weighted by atomic mass is 32.2.